The Hall–Kier alpha value is -3.31. The van der Waals surface area contributed by atoms with E-state index in [2.05, 4.69) is 9.97 Å². The quantitative estimate of drug-likeness (QED) is 0.489. The van der Waals surface area contributed by atoms with Crippen molar-refractivity contribution in [2.45, 2.75) is 0 Å². The minimum absolute atomic E-state index is 0.648. The molecule has 0 aliphatic rings. The molecule has 0 aliphatic carbocycles. The highest BCUT2D eigenvalue weighted by Crippen LogP contribution is 2.36. The molecule has 2 heterocycles. The lowest BCUT2D eigenvalue weighted by atomic mass is 10.1. The average Bonchev–Trinajstić information content (AvgIpc) is 3.20. The summed E-state index contributed by atoms with van der Waals surface area (Å²) < 4.78 is 10.8. The first-order chi connectivity index (χ1) is 13.7. The standard InChI is InChI=1S/C22H18ClN3O2/c1-27-18-8-5-16(13-19(18)28-2)22-25-20(14-3-6-17(23)7-4-14)21(26-22)15-9-11-24-12-10-15/h3-13H,1-2H3,(H,25,26). The number of nitrogens with zero attached hydrogens (tertiary/aromatic N) is 2. The molecule has 0 saturated carbocycles. The summed E-state index contributed by atoms with van der Waals surface area (Å²) in [5, 5.41) is 0.685. The van der Waals surface area contributed by atoms with Crippen LogP contribution in [-0.4, -0.2) is 29.2 Å². The van der Waals surface area contributed by atoms with Gasteiger partial charge in [0.25, 0.3) is 0 Å². The highest BCUT2D eigenvalue weighted by atomic mass is 35.5. The number of pyridine rings is 1. The molecule has 28 heavy (non-hydrogen) atoms. The second kappa shape index (κ2) is 7.74. The van der Waals surface area contributed by atoms with E-state index >= 15 is 0 Å². The first-order valence-corrected chi connectivity index (χ1v) is 9.06. The van der Waals surface area contributed by atoms with E-state index < -0.39 is 0 Å². The zero-order chi connectivity index (χ0) is 19.5. The van der Waals surface area contributed by atoms with Crippen LogP contribution in [0.5, 0.6) is 11.5 Å². The van der Waals surface area contributed by atoms with Crippen LogP contribution in [0.4, 0.5) is 0 Å². The van der Waals surface area contributed by atoms with Gasteiger partial charge < -0.3 is 14.5 Å². The second-order valence-electron chi connectivity index (χ2n) is 6.12. The summed E-state index contributed by atoms with van der Waals surface area (Å²) in [4.78, 5) is 12.4. The van der Waals surface area contributed by atoms with Crippen molar-refractivity contribution in [2.24, 2.45) is 0 Å². The SMILES string of the molecule is COc1ccc(-c2nc(-c3ccc(Cl)cc3)c(-c3ccncc3)[nH]2)cc1OC. The minimum Gasteiger partial charge on any atom is -0.493 e. The molecule has 6 heteroatoms. The molecule has 0 atom stereocenters. The molecule has 2 aromatic carbocycles. The number of hydrogen-bond acceptors (Lipinski definition) is 4. The van der Waals surface area contributed by atoms with Crippen LogP contribution in [-0.2, 0) is 0 Å². The molecule has 0 aliphatic heterocycles. The van der Waals surface area contributed by atoms with E-state index in [1.165, 1.54) is 0 Å². The van der Waals surface area contributed by atoms with Crippen molar-refractivity contribution >= 4 is 11.6 Å². The molecule has 1 N–H and O–H groups in total. The van der Waals surface area contributed by atoms with E-state index in [4.69, 9.17) is 26.1 Å². The molecule has 2 aromatic heterocycles. The van der Waals surface area contributed by atoms with Gasteiger partial charge in [0, 0.05) is 34.1 Å². The van der Waals surface area contributed by atoms with Crippen LogP contribution < -0.4 is 9.47 Å². The number of methoxy groups -OCH3 is 2. The molecule has 4 aromatic rings. The van der Waals surface area contributed by atoms with Gasteiger partial charge in [-0.15, -0.1) is 0 Å². The Morgan fingerprint density at radius 2 is 1.46 bits per heavy atom. The van der Waals surface area contributed by atoms with Crippen molar-refractivity contribution in [1.29, 1.82) is 0 Å². The van der Waals surface area contributed by atoms with E-state index in [9.17, 15) is 0 Å². The van der Waals surface area contributed by atoms with E-state index in [-0.39, 0.29) is 0 Å². The Labute approximate surface area is 168 Å². The van der Waals surface area contributed by atoms with Gasteiger partial charge in [0.05, 0.1) is 25.6 Å². The Kier molecular flexibility index (Phi) is 5.00. The van der Waals surface area contributed by atoms with Crippen LogP contribution in [0.3, 0.4) is 0 Å². The fourth-order valence-corrected chi connectivity index (χ4v) is 3.16. The van der Waals surface area contributed by atoms with Crippen LogP contribution in [0, 0.1) is 0 Å². The molecule has 0 saturated heterocycles. The molecule has 0 amide bonds. The molecule has 0 spiro atoms. The van der Waals surface area contributed by atoms with Gasteiger partial charge in [0.15, 0.2) is 11.5 Å². The number of aromatic nitrogens is 3. The van der Waals surface area contributed by atoms with Crippen molar-refractivity contribution in [1.82, 2.24) is 15.0 Å². The summed E-state index contributed by atoms with van der Waals surface area (Å²) >= 11 is 6.06. The van der Waals surface area contributed by atoms with Gasteiger partial charge in [-0.3, -0.25) is 4.98 Å². The third-order valence-electron chi connectivity index (χ3n) is 4.45. The summed E-state index contributed by atoms with van der Waals surface area (Å²) in [5.41, 5.74) is 4.62. The number of H-pyrrole nitrogens is 1. The first kappa shape index (κ1) is 18.1. The van der Waals surface area contributed by atoms with Crippen molar-refractivity contribution in [3.63, 3.8) is 0 Å². The number of rotatable bonds is 5. The monoisotopic (exact) mass is 391 g/mol. The zero-order valence-electron chi connectivity index (χ0n) is 15.4. The highest BCUT2D eigenvalue weighted by molar-refractivity contribution is 6.30. The first-order valence-electron chi connectivity index (χ1n) is 8.68. The molecule has 0 unspecified atom stereocenters. The summed E-state index contributed by atoms with van der Waals surface area (Å²) in [5.74, 6) is 2.05. The van der Waals surface area contributed by atoms with Gasteiger partial charge in [-0.1, -0.05) is 23.7 Å². The lowest BCUT2D eigenvalue weighted by molar-refractivity contribution is 0.355. The van der Waals surface area contributed by atoms with Gasteiger partial charge in [-0.25, -0.2) is 4.98 Å². The molecule has 0 bridgehead atoms. The van der Waals surface area contributed by atoms with Crippen molar-refractivity contribution in [3.05, 3.63) is 72.0 Å². The fraction of sp³-hybridized carbons (Fsp3) is 0.0909. The Morgan fingerprint density at radius 1 is 0.786 bits per heavy atom. The minimum atomic E-state index is 0.648. The number of aromatic amines is 1. The zero-order valence-corrected chi connectivity index (χ0v) is 16.2. The van der Waals surface area contributed by atoms with E-state index in [0.717, 1.165) is 33.9 Å². The van der Waals surface area contributed by atoms with Gasteiger partial charge in [-0.05, 0) is 42.5 Å². The summed E-state index contributed by atoms with van der Waals surface area (Å²) in [6.07, 6.45) is 3.52. The number of halogens is 1. The topological polar surface area (TPSA) is 60.0 Å². The van der Waals surface area contributed by atoms with Gasteiger partial charge in [0.2, 0.25) is 0 Å². The Bertz CT molecular complexity index is 1090. The molecule has 0 radical (unpaired) electrons. The van der Waals surface area contributed by atoms with Crippen LogP contribution in [0.25, 0.3) is 33.9 Å². The molecule has 5 nitrogen and oxygen atoms in total. The van der Waals surface area contributed by atoms with Gasteiger partial charge in [0.1, 0.15) is 5.82 Å². The van der Waals surface area contributed by atoms with Crippen molar-refractivity contribution in [2.75, 3.05) is 14.2 Å². The van der Waals surface area contributed by atoms with Crippen molar-refractivity contribution < 1.29 is 9.47 Å². The van der Waals surface area contributed by atoms with E-state index in [1.807, 2.05) is 54.6 Å². The van der Waals surface area contributed by atoms with E-state index in [1.54, 1.807) is 26.6 Å². The normalized spacial score (nSPS) is 10.7. The number of ether oxygens (including phenoxy) is 2. The number of imidazole rings is 1. The molecule has 0 fully saturated rings. The maximum absolute atomic E-state index is 6.06. The number of hydrogen-bond donors (Lipinski definition) is 1. The molecule has 4 rings (SSSR count). The number of nitrogens with one attached hydrogen (secondary N) is 1. The lowest BCUT2D eigenvalue weighted by Crippen LogP contribution is -1.91. The van der Waals surface area contributed by atoms with Gasteiger partial charge >= 0.3 is 0 Å². The largest absolute Gasteiger partial charge is 0.493 e. The predicted molar refractivity (Wildman–Crippen MR) is 111 cm³/mol. The number of benzene rings is 2. The lowest BCUT2D eigenvalue weighted by Gasteiger charge is -2.08. The predicted octanol–water partition coefficient (Wildman–Crippen LogP) is 5.48. The van der Waals surface area contributed by atoms with Crippen LogP contribution in [0.2, 0.25) is 5.02 Å². The molecule has 140 valence electrons. The third-order valence-corrected chi connectivity index (χ3v) is 4.70. The van der Waals surface area contributed by atoms with Crippen LogP contribution in [0.1, 0.15) is 0 Å². The fourth-order valence-electron chi connectivity index (χ4n) is 3.04. The van der Waals surface area contributed by atoms with E-state index in [0.29, 0.717) is 16.5 Å². The summed E-state index contributed by atoms with van der Waals surface area (Å²) in [6, 6.07) is 17.3. The average molecular weight is 392 g/mol. The van der Waals surface area contributed by atoms with Crippen LogP contribution in [0.15, 0.2) is 67.0 Å². The van der Waals surface area contributed by atoms with Gasteiger partial charge in [-0.2, -0.15) is 0 Å². The van der Waals surface area contributed by atoms with Crippen LogP contribution >= 0.6 is 11.6 Å². The third kappa shape index (κ3) is 3.44. The Balaban J connectivity index is 1.87. The summed E-state index contributed by atoms with van der Waals surface area (Å²) in [6.45, 7) is 0. The second-order valence-corrected chi connectivity index (χ2v) is 6.56. The highest BCUT2D eigenvalue weighted by Gasteiger charge is 2.16. The smallest absolute Gasteiger partial charge is 0.161 e. The summed E-state index contributed by atoms with van der Waals surface area (Å²) in [7, 11) is 3.23. The molecular formula is C22H18ClN3O2. The van der Waals surface area contributed by atoms with Crippen molar-refractivity contribution in [3.8, 4) is 45.4 Å². The molecular weight excluding hydrogens is 374 g/mol. The Morgan fingerprint density at radius 3 is 2.14 bits per heavy atom. The maximum atomic E-state index is 6.06. The maximum Gasteiger partial charge on any atom is 0.161 e.